The molecule has 140 valence electrons. The van der Waals surface area contributed by atoms with E-state index in [2.05, 4.69) is 10.6 Å². The lowest BCUT2D eigenvalue weighted by molar-refractivity contribution is -0.384. The van der Waals surface area contributed by atoms with Crippen LogP contribution in [0.2, 0.25) is 0 Å². The first-order chi connectivity index (χ1) is 13.5. The lowest BCUT2D eigenvalue weighted by atomic mass is 10.2. The molecule has 0 heterocycles. The number of hydrogen-bond donors (Lipinski definition) is 2. The standard InChI is InChI=1S/C20H15N3O4S/c24-19(14-5-4-6-16(13-14)23(25)26)22-20(28)21-15-9-11-18(12-10-15)27-17-7-2-1-3-8-17/h1-13H,(H2,21,22,24,28). The number of para-hydroxylation sites is 1. The van der Waals surface area contributed by atoms with Gasteiger partial charge in [0.05, 0.1) is 4.92 Å². The summed E-state index contributed by atoms with van der Waals surface area (Å²) < 4.78 is 5.71. The van der Waals surface area contributed by atoms with E-state index >= 15 is 0 Å². The average molecular weight is 393 g/mol. The fraction of sp³-hybridized carbons (Fsp3) is 0. The Kier molecular flexibility index (Phi) is 5.93. The number of ether oxygens (including phenoxy) is 1. The minimum absolute atomic E-state index is 0.0771. The first-order valence-corrected chi connectivity index (χ1v) is 8.62. The van der Waals surface area contributed by atoms with E-state index in [0.29, 0.717) is 11.4 Å². The van der Waals surface area contributed by atoms with E-state index in [4.69, 9.17) is 17.0 Å². The number of anilines is 1. The van der Waals surface area contributed by atoms with E-state index in [9.17, 15) is 14.9 Å². The van der Waals surface area contributed by atoms with Gasteiger partial charge in [0, 0.05) is 23.4 Å². The smallest absolute Gasteiger partial charge is 0.270 e. The maximum Gasteiger partial charge on any atom is 0.270 e. The number of rotatable bonds is 5. The van der Waals surface area contributed by atoms with Gasteiger partial charge in [0.15, 0.2) is 5.11 Å². The second-order valence-corrected chi connectivity index (χ2v) is 6.06. The Balaban J connectivity index is 1.58. The number of thiocarbonyl (C=S) groups is 1. The number of carbonyl (C=O) groups excluding carboxylic acids is 1. The highest BCUT2D eigenvalue weighted by atomic mass is 32.1. The van der Waals surface area contributed by atoms with Crippen molar-refractivity contribution in [2.45, 2.75) is 0 Å². The lowest BCUT2D eigenvalue weighted by Gasteiger charge is -2.11. The molecule has 2 N–H and O–H groups in total. The molecule has 0 saturated carbocycles. The molecule has 1 amide bonds. The summed E-state index contributed by atoms with van der Waals surface area (Å²) in [5, 5.41) is 16.3. The van der Waals surface area contributed by atoms with Crippen molar-refractivity contribution < 1.29 is 14.5 Å². The molecule has 0 radical (unpaired) electrons. The normalized spacial score (nSPS) is 10.0. The number of amides is 1. The number of nitrogens with zero attached hydrogens (tertiary/aromatic N) is 1. The van der Waals surface area contributed by atoms with Crippen LogP contribution in [0.4, 0.5) is 11.4 Å². The van der Waals surface area contributed by atoms with E-state index in [0.717, 1.165) is 5.75 Å². The van der Waals surface area contributed by atoms with Crippen molar-refractivity contribution in [2.24, 2.45) is 0 Å². The molecule has 0 unspecified atom stereocenters. The zero-order chi connectivity index (χ0) is 19.9. The monoisotopic (exact) mass is 393 g/mol. The average Bonchev–Trinajstić information content (AvgIpc) is 2.70. The van der Waals surface area contributed by atoms with Crippen molar-refractivity contribution in [2.75, 3.05) is 5.32 Å². The number of nitro groups is 1. The fourth-order valence-corrected chi connectivity index (χ4v) is 2.54. The van der Waals surface area contributed by atoms with Gasteiger partial charge >= 0.3 is 0 Å². The first-order valence-electron chi connectivity index (χ1n) is 8.21. The van der Waals surface area contributed by atoms with E-state index in [1.807, 2.05) is 30.3 Å². The Bertz CT molecular complexity index is 1010. The van der Waals surface area contributed by atoms with E-state index in [1.165, 1.54) is 24.3 Å². The Morgan fingerprint density at radius 3 is 2.29 bits per heavy atom. The van der Waals surface area contributed by atoms with Crippen LogP contribution in [0.15, 0.2) is 78.9 Å². The Morgan fingerprint density at radius 1 is 0.929 bits per heavy atom. The van der Waals surface area contributed by atoms with Crippen molar-refractivity contribution in [3.8, 4) is 11.5 Å². The summed E-state index contributed by atoms with van der Waals surface area (Å²) in [5.41, 5.74) is 0.634. The second kappa shape index (κ2) is 8.74. The third-order valence-corrected chi connectivity index (χ3v) is 3.84. The highest BCUT2D eigenvalue weighted by Crippen LogP contribution is 2.22. The molecule has 0 bridgehead atoms. The van der Waals surface area contributed by atoms with Crippen molar-refractivity contribution in [3.05, 3.63) is 94.5 Å². The molecule has 0 fully saturated rings. The second-order valence-electron chi connectivity index (χ2n) is 5.66. The lowest BCUT2D eigenvalue weighted by Crippen LogP contribution is -2.34. The molecule has 0 aromatic heterocycles. The third kappa shape index (κ3) is 5.12. The van der Waals surface area contributed by atoms with Crippen molar-refractivity contribution in [1.82, 2.24) is 5.32 Å². The summed E-state index contributed by atoms with van der Waals surface area (Å²) in [6.07, 6.45) is 0. The van der Waals surface area contributed by atoms with Gasteiger partial charge in [-0.1, -0.05) is 24.3 Å². The molecular formula is C20H15N3O4S. The quantitative estimate of drug-likeness (QED) is 0.376. The number of nitro benzene ring substituents is 1. The summed E-state index contributed by atoms with van der Waals surface area (Å²) in [6.45, 7) is 0. The topological polar surface area (TPSA) is 93.5 Å². The molecule has 0 spiro atoms. The van der Waals surface area contributed by atoms with Gasteiger partial charge in [-0.2, -0.15) is 0 Å². The first kappa shape index (κ1) is 19.0. The van der Waals surface area contributed by atoms with Gasteiger partial charge in [0.25, 0.3) is 11.6 Å². The van der Waals surface area contributed by atoms with Gasteiger partial charge in [-0.15, -0.1) is 0 Å². The van der Waals surface area contributed by atoms with Gasteiger partial charge in [-0.05, 0) is 54.7 Å². The van der Waals surface area contributed by atoms with Crippen molar-refractivity contribution >= 4 is 34.6 Å². The largest absolute Gasteiger partial charge is 0.457 e. The zero-order valence-electron chi connectivity index (χ0n) is 14.5. The van der Waals surface area contributed by atoms with Crippen LogP contribution in [-0.4, -0.2) is 15.9 Å². The summed E-state index contributed by atoms with van der Waals surface area (Å²) in [6, 6.07) is 21.8. The van der Waals surface area contributed by atoms with Gasteiger partial charge in [0.2, 0.25) is 0 Å². The molecule has 0 atom stereocenters. The van der Waals surface area contributed by atoms with E-state index < -0.39 is 10.8 Å². The van der Waals surface area contributed by atoms with E-state index in [-0.39, 0.29) is 16.4 Å². The predicted octanol–water partition coefficient (Wildman–Crippen LogP) is 4.51. The maximum absolute atomic E-state index is 12.2. The van der Waals surface area contributed by atoms with Gasteiger partial charge < -0.3 is 10.1 Å². The fourth-order valence-electron chi connectivity index (χ4n) is 2.33. The Labute approximate surface area is 166 Å². The predicted molar refractivity (Wildman–Crippen MR) is 110 cm³/mol. The van der Waals surface area contributed by atoms with Crippen LogP contribution in [0, 0.1) is 10.1 Å². The molecule has 3 rings (SSSR count). The molecular weight excluding hydrogens is 378 g/mol. The van der Waals surface area contributed by atoms with Crippen LogP contribution in [0.25, 0.3) is 0 Å². The van der Waals surface area contributed by atoms with Crippen LogP contribution >= 0.6 is 12.2 Å². The molecule has 8 heteroatoms. The summed E-state index contributed by atoms with van der Waals surface area (Å²) in [7, 11) is 0. The Morgan fingerprint density at radius 2 is 1.61 bits per heavy atom. The van der Waals surface area contributed by atoms with Crippen LogP contribution in [0.5, 0.6) is 11.5 Å². The number of carbonyl (C=O) groups is 1. The summed E-state index contributed by atoms with van der Waals surface area (Å²) in [5.74, 6) is 0.844. The minimum Gasteiger partial charge on any atom is -0.457 e. The minimum atomic E-state index is -0.563. The number of hydrogen-bond acceptors (Lipinski definition) is 5. The molecule has 3 aromatic carbocycles. The zero-order valence-corrected chi connectivity index (χ0v) is 15.3. The van der Waals surface area contributed by atoms with Crippen LogP contribution < -0.4 is 15.4 Å². The molecule has 0 aliphatic rings. The number of nitrogens with one attached hydrogen (secondary N) is 2. The van der Waals surface area contributed by atoms with Gasteiger partial charge in [-0.25, -0.2) is 0 Å². The van der Waals surface area contributed by atoms with Crippen LogP contribution in [-0.2, 0) is 0 Å². The summed E-state index contributed by atoms with van der Waals surface area (Å²) in [4.78, 5) is 22.4. The highest BCUT2D eigenvalue weighted by molar-refractivity contribution is 7.80. The highest BCUT2D eigenvalue weighted by Gasteiger charge is 2.12. The number of non-ortho nitro benzene ring substituents is 1. The molecule has 7 nitrogen and oxygen atoms in total. The molecule has 0 aliphatic heterocycles. The molecule has 0 aliphatic carbocycles. The Hall–Kier alpha value is -3.78. The maximum atomic E-state index is 12.2. The molecule has 3 aromatic rings. The third-order valence-electron chi connectivity index (χ3n) is 3.64. The van der Waals surface area contributed by atoms with Crippen LogP contribution in [0.3, 0.4) is 0 Å². The summed E-state index contributed by atoms with van der Waals surface area (Å²) >= 11 is 5.13. The van der Waals surface area contributed by atoms with Gasteiger partial charge in [-0.3, -0.25) is 20.2 Å². The van der Waals surface area contributed by atoms with E-state index in [1.54, 1.807) is 24.3 Å². The molecule has 28 heavy (non-hydrogen) atoms. The number of benzene rings is 3. The van der Waals surface area contributed by atoms with Crippen LogP contribution in [0.1, 0.15) is 10.4 Å². The van der Waals surface area contributed by atoms with Gasteiger partial charge in [0.1, 0.15) is 11.5 Å². The van der Waals surface area contributed by atoms with Crippen molar-refractivity contribution in [3.63, 3.8) is 0 Å². The van der Waals surface area contributed by atoms with Crippen molar-refractivity contribution in [1.29, 1.82) is 0 Å². The molecule has 0 saturated heterocycles. The SMILES string of the molecule is O=C(NC(=S)Nc1ccc(Oc2ccccc2)cc1)c1cccc([N+](=O)[O-])c1.